The summed E-state index contributed by atoms with van der Waals surface area (Å²) in [4.78, 5) is 9.68. The molecule has 1 aliphatic carbocycles. The zero-order valence-electron chi connectivity index (χ0n) is 10.9. The van der Waals surface area contributed by atoms with Crippen LogP contribution in [-0.2, 0) is 9.78 Å². The third-order valence-corrected chi connectivity index (χ3v) is 2.87. The average molecular weight is 236 g/mol. The van der Waals surface area contributed by atoms with Crippen LogP contribution in [-0.4, -0.2) is 13.2 Å². The zero-order chi connectivity index (χ0) is 12.2. The van der Waals surface area contributed by atoms with Crippen molar-refractivity contribution in [3.63, 3.8) is 0 Å². The maximum Gasteiger partial charge on any atom is 0.0856 e. The SMILES string of the molecule is CCOOCC/C=C/CC#CC1CCCCC1. The van der Waals surface area contributed by atoms with Crippen LogP contribution in [0.4, 0.5) is 0 Å². The van der Waals surface area contributed by atoms with Crippen LogP contribution >= 0.6 is 0 Å². The Labute approximate surface area is 105 Å². The van der Waals surface area contributed by atoms with Gasteiger partial charge in [0.15, 0.2) is 0 Å². The molecule has 0 aromatic rings. The molecule has 2 heteroatoms. The van der Waals surface area contributed by atoms with E-state index in [4.69, 9.17) is 9.78 Å². The van der Waals surface area contributed by atoms with E-state index in [0.29, 0.717) is 19.1 Å². The van der Waals surface area contributed by atoms with Crippen molar-refractivity contribution in [2.75, 3.05) is 13.2 Å². The maximum absolute atomic E-state index is 4.90. The Morgan fingerprint density at radius 2 is 1.94 bits per heavy atom. The number of allylic oxidation sites excluding steroid dienone is 1. The van der Waals surface area contributed by atoms with Crippen molar-refractivity contribution in [2.24, 2.45) is 5.92 Å². The Morgan fingerprint density at radius 1 is 1.12 bits per heavy atom. The van der Waals surface area contributed by atoms with Crippen molar-refractivity contribution in [3.05, 3.63) is 12.2 Å². The normalized spacial score (nSPS) is 17.0. The highest BCUT2D eigenvalue weighted by Gasteiger charge is 2.09. The van der Waals surface area contributed by atoms with E-state index < -0.39 is 0 Å². The molecule has 0 aromatic heterocycles. The molecule has 0 radical (unpaired) electrons. The quantitative estimate of drug-likeness (QED) is 0.229. The predicted octanol–water partition coefficient (Wildman–Crippen LogP) is 3.87. The molecule has 0 saturated heterocycles. The molecule has 0 bridgehead atoms. The number of hydrogen-bond donors (Lipinski definition) is 0. The molecule has 1 saturated carbocycles. The highest BCUT2D eigenvalue weighted by Crippen LogP contribution is 2.22. The van der Waals surface area contributed by atoms with E-state index in [1.54, 1.807) is 0 Å². The molecular formula is C15H24O2. The maximum atomic E-state index is 4.90. The van der Waals surface area contributed by atoms with E-state index in [2.05, 4.69) is 24.0 Å². The minimum atomic E-state index is 0.608. The van der Waals surface area contributed by atoms with Crippen LogP contribution < -0.4 is 0 Å². The first-order valence-corrected chi connectivity index (χ1v) is 6.81. The molecule has 0 aliphatic heterocycles. The molecule has 0 N–H and O–H groups in total. The Kier molecular flexibility index (Phi) is 8.72. The molecule has 0 atom stereocenters. The third kappa shape index (κ3) is 8.01. The first-order chi connectivity index (χ1) is 8.43. The van der Waals surface area contributed by atoms with Gasteiger partial charge in [-0.3, -0.25) is 0 Å². The highest BCUT2D eigenvalue weighted by molar-refractivity contribution is 5.08. The number of hydrogen-bond acceptors (Lipinski definition) is 2. The summed E-state index contributed by atoms with van der Waals surface area (Å²) in [5.41, 5.74) is 0. The van der Waals surface area contributed by atoms with Gasteiger partial charge < -0.3 is 0 Å². The molecule has 96 valence electrons. The second-order valence-electron chi connectivity index (χ2n) is 4.35. The molecule has 17 heavy (non-hydrogen) atoms. The van der Waals surface area contributed by atoms with Gasteiger partial charge in [-0.25, -0.2) is 9.78 Å². The lowest BCUT2D eigenvalue weighted by atomic mass is 9.90. The summed E-state index contributed by atoms with van der Waals surface area (Å²) in [6.07, 6.45) is 12.7. The lowest BCUT2D eigenvalue weighted by molar-refractivity contribution is -0.290. The Balaban J connectivity index is 1.98. The monoisotopic (exact) mass is 236 g/mol. The van der Waals surface area contributed by atoms with Crippen LogP contribution in [0, 0.1) is 17.8 Å². The molecule has 1 fully saturated rings. The van der Waals surface area contributed by atoms with Gasteiger partial charge in [0.05, 0.1) is 13.2 Å². The summed E-state index contributed by atoms with van der Waals surface area (Å²) in [6, 6.07) is 0. The van der Waals surface area contributed by atoms with E-state index in [9.17, 15) is 0 Å². The van der Waals surface area contributed by atoms with Gasteiger partial charge in [0.1, 0.15) is 0 Å². The standard InChI is InChI=1S/C15H24O2/c1-2-16-17-14-10-5-3-4-7-11-15-12-8-6-9-13-15/h3,5,15H,2,4,6,8-10,12-14H2,1H3/b5-3+. The summed E-state index contributed by atoms with van der Waals surface area (Å²) in [6.45, 7) is 3.15. The predicted molar refractivity (Wildman–Crippen MR) is 70.3 cm³/mol. The van der Waals surface area contributed by atoms with Crippen LogP contribution in [0.3, 0.4) is 0 Å². The molecule has 0 spiro atoms. The minimum Gasteiger partial charge on any atom is -0.237 e. The zero-order valence-corrected chi connectivity index (χ0v) is 10.9. The fraction of sp³-hybridized carbons (Fsp3) is 0.733. The molecule has 0 amide bonds. The largest absolute Gasteiger partial charge is 0.237 e. The van der Waals surface area contributed by atoms with E-state index in [1.165, 1.54) is 32.1 Å². The van der Waals surface area contributed by atoms with Gasteiger partial charge in [-0.05, 0) is 26.2 Å². The first-order valence-electron chi connectivity index (χ1n) is 6.81. The van der Waals surface area contributed by atoms with Crippen molar-refractivity contribution < 1.29 is 9.78 Å². The molecule has 2 nitrogen and oxygen atoms in total. The summed E-state index contributed by atoms with van der Waals surface area (Å²) in [5.74, 6) is 7.29. The van der Waals surface area contributed by atoms with Gasteiger partial charge in [-0.1, -0.05) is 43.3 Å². The van der Waals surface area contributed by atoms with Crippen LogP contribution in [0.25, 0.3) is 0 Å². The van der Waals surface area contributed by atoms with Crippen molar-refractivity contribution in [3.8, 4) is 11.8 Å². The smallest absolute Gasteiger partial charge is 0.0856 e. The fourth-order valence-electron chi connectivity index (χ4n) is 1.97. The molecule has 0 unspecified atom stereocenters. The second-order valence-corrected chi connectivity index (χ2v) is 4.35. The van der Waals surface area contributed by atoms with Crippen molar-refractivity contribution in [1.29, 1.82) is 0 Å². The van der Waals surface area contributed by atoms with Gasteiger partial charge in [-0.2, -0.15) is 0 Å². The molecule has 1 rings (SSSR count). The van der Waals surface area contributed by atoms with Crippen molar-refractivity contribution in [2.45, 2.75) is 51.9 Å². The van der Waals surface area contributed by atoms with Crippen LogP contribution in [0.15, 0.2) is 12.2 Å². The second kappa shape index (κ2) is 10.4. The van der Waals surface area contributed by atoms with Gasteiger partial charge in [0.2, 0.25) is 0 Å². The minimum absolute atomic E-state index is 0.608. The topological polar surface area (TPSA) is 18.5 Å². The lowest BCUT2D eigenvalue weighted by Crippen LogP contribution is -2.02. The fourth-order valence-corrected chi connectivity index (χ4v) is 1.97. The third-order valence-electron chi connectivity index (χ3n) is 2.87. The van der Waals surface area contributed by atoms with Crippen molar-refractivity contribution in [1.82, 2.24) is 0 Å². The summed E-state index contributed by atoms with van der Waals surface area (Å²) in [7, 11) is 0. The van der Waals surface area contributed by atoms with E-state index in [1.807, 2.05) is 6.92 Å². The van der Waals surface area contributed by atoms with Crippen LogP contribution in [0.1, 0.15) is 51.9 Å². The molecular weight excluding hydrogens is 212 g/mol. The van der Waals surface area contributed by atoms with Gasteiger partial charge in [-0.15, -0.1) is 0 Å². The van der Waals surface area contributed by atoms with E-state index >= 15 is 0 Å². The van der Waals surface area contributed by atoms with Gasteiger partial charge in [0, 0.05) is 12.3 Å². The summed E-state index contributed by atoms with van der Waals surface area (Å²) >= 11 is 0. The Morgan fingerprint density at radius 3 is 2.71 bits per heavy atom. The van der Waals surface area contributed by atoms with Gasteiger partial charge >= 0.3 is 0 Å². The van der Waals surface area contributed by atoms with Crippen LogP contribution in [0.2, 0.25) is 0 Å². The van der Waals surface area contributed by atoms with Crippen LogP contribution in [0.5, 0.6) is 0 Å². The highest BCUT2D eigenvalue weighted by atomic mass is 17.2. The number of rotatable bonds is 6. The Hall–Kier alpha value is -0.780. The van der Waals surface area contributed by atoms with E-state index in [-0.39, 0.29) is 0 Å². The summed E-state index contributed by atoms with van der Waals surface area (Å²) in [5, 5.41) is 0. The molecule has 0 aromatic carbocycles. The molecule has 0 heterocycles. The lowest BCUT2D eigenvalue weighted by Gasteiger charge is -2.15. The first kappa shape index (κ1) is 14.3. The Bertz CT molecular complexity index is 254. The van der Waals surface area contributed by atoms with Crippen molar-refractivity contribution >= 4 is 0 Å². The van der Waals surface area contributed by atoms with Gasteiger partial charge in [0.25, 0.3) is 0 Å². The summed E-state index contributed by atoms with van der Waals surface area (Å²) < 4.78 is 0. The van der Waals surface area contributed by atoms with E-state index in [0.717, 1.165) is 12.8 Å². The molecule has 1 aliphatic rings. The average Bonchev–Trinajstić information content (AvgIpc) is 2.38.